The van der Waals surface area contributed by atoms with Crippen LogP contribution in [0.15, 0.2) is 0 Å². The number of likely N-dealkylation sites (tertiary alicyclic amines) is 1. The molecule has 0 spiro atoms. The molecule has 3 fully saturated rings. The molecule has 0 aromatic carbocycles. The molecule has 0 N–H and O–H groups in total. The molecule has 2 atom stereocenters. The van der Waals surface area contributed by atoms with Crippen molar-refractivity contribution < 1.29 is 4.74 Å². The molecule has 1 saturated carbocycles. The second kappa shape index (κ2) is 4.69. The Morgan fingerprint density at radius 2 is 1.69 bits per heavy atom. The Kier molecular flexibility index (Phi) is 3.26. The van der Waals surface area contributed by atoms with E-state index in [1.165, 1.54) is 45.3 Å². The van der Waals surface area contributed by atoms with Crippen molar-refractivity contribution in [1.29, 1.82) is 0 Å². The number of hydrogen-bond donors (Lipinski definition) is 0. The minimum Gasteiger partial charge on any atom is -0.381 e. The second-order valence-corrected chi connectivity index (χ2v) is 6.03. The summed E-state index contributed by atoms with van der Waals surface area (Å²) in [5, 5.41) is 0. The Hall–Kier alpha value is -0.0151. The van der Waals surface area contributed by atoms with Gasteiger partial charge in [0, 0.05) is 32.8 Å². The van der Waals surface area contributed by atoms with E-state index in [9.17, 15) is 0 Å². The van der Waals surface area contributed by atoms with E-state index in [1.54, 1.807) is 0 Å². The summed E-state index contributed by atoms with van der Waals surface area (Å²) in [7, 11) is 6.02. The van der Waals surface area contributed by atoms with Crippen LogP contribution in [0.4, 0.5) is 0 Å². The van der Waals surface area contributed by atoms with E-state index in [1.807, 2.05) is 0 Å². The van der Waals surface area contributed by atoms with E-state index in [0.717, 1.165) is 31.0 Å². The molecule has 0 aromatic rings. The Morgan fingerprint density at radius 3 is 2.31 bits per heavy atom. The first-order valence-corrected chi connectivity index (χ1v) is 6.87. The minimum absolute atomic E-state index is 0.500. The lowest BCUT2D eigenvalue weighted by molar-refractivity contribution is 0.0546. The fourth-order valence-corrected chi connectivity index (χ4v) is 3.89. The third-order valence-corrected chi connectivity index (χ3v) is 4.72. The first-order valence-electron chi connectivity index (χ1n) is 6.87. The minimum atomic E-state index is 0.500. The summed E-state index contributed by atoms with van der Waals surface area (Å²) in [6.07, 6.45) is 5.08. The second-order valence-electron chi connectivity index (χ2n) is 6.03. The Labute approximate surface area is 100 Å². The number of fused-ring (bicyclic) bond motifs is 1. The Balaban J connectivity index is 1.47. The normalized spacial score (nSPS) is 41.4. The van der Waals surface area contributed by atoms with Gasteiger partial charge in [0.05, 0.1) is 7.85 Å². The number of hydrogen-bond acceptors (Lipinski definition) is 2. The molecular formula is C13H22BNO. The van der Waals surface area contributed by atoms with Crippen LogP contribution >= 0.6 is 0 Å². The lowest BCUT2D eigenvalue weighted by Gasteiger charge is -2.27. The van der Waals surface area contributed by atoms with Gasteiger partial charge >= 0.3 is 0 Å². The van der Waals surface area contributed by atoms with Crippen LogP contribution in [0.3, 0.4) is 0 Å². The van der Waals surface area contributed by atoms with Crippen molar-refractivity contribution in [3.63, 3.8) is 0 Å². The van der Waals surface area contributed by atoms with Gasteiger partial charge in [-0.15, -0.1) is 0 Å². The van der Waals surface area contributed by atoms with E-state index in [-0.39, 0.29) is 0 Å². The third-order valence-electron chi connectivity index (χ3n) is 4.72. The van der Waals surface area contributed by atoms with Crippen LogP contribution in [0.1, 0.15) is 25.7 Å². The van der Waals surface area contributed by atoms with Crippen molar-refractivity contribution in [1.82, 2.24) is 4.90 Å². The predicted octanol–water partition coefficient (Wildman–Crippen LogP) is 1.71. The van der Waals surface area contributed by atoms with Crippen molar-refractivity contribution >= 4 is 7.85 Å². The summed E-state index contributed by atoms with van der Waals surface area (Å²) in [5.41, 5.74) is 0. The summed E-state index contributed by atoms with van der Waals surface area (Å²) in [6, 6.07) is 0. The maximum Gasteiger partial charge on any atom is 0.0699 e. The van der Waals surface area contributed by atoms with Gasteiger partial charge in [-0.1, -0.05) is 18.7 Å². The van der Waals surface area contributed by atoms with Gasteiger partial charge < -0.3 is 9.64 Å². The topological polar surface area (TPSA) is 12.5 Å². The van der Waals surface area contributed by atoms with E-state index in [4.69, 9.17) is 12.6 Å². The maximum absolute atomic E-state index is 6.02. The van der Waals surface area contributed by atoms with Crippen molar-refractivity contribution in [3.05, 3.63) is 0 Å². The zero-order valence-corrected chi connectivity index (χ0v) is 10.1. The predicted molar refractivity (Wildman–Crippen MR) is 65.7 cm³/mol. The molecule has 1 aliphatic carbocycles. The summed E-state index contributed by atoms with van der Waals surface area (Å²) in [5.74, 6) is 3.21. The molecule has 3 rings (SSSR count). The molecule has 2 radical (unpaired) electrons. The van der Waals surface area contributed by atoms with Gasteiger partial charge in [0.25, 0.3) is 0 Å². The highest BCUT2D eigenvalue weighted by molar-refractivity contribution is 6.11. The van der Waals surface area contributed by atoms with E-state index >= 15 is 0 Å². The van der Waals surface area contributed by atoms with E-state index in [0.29, 0.717) is 5.82 Å². The molecule has 3 aliphatic rings. The third kappa shape index (κ3) is 2.30. The SMILES string of the molecule is [B]C1CC2CN(CC3CCOCC3)CC2C1. The molecule has 0 aromatic heterocycles. The molecule has 0 bridgehead atoms. The van der Waals surface area contributed by atoms with Crippen LogP contribution in [-0.2, 0) is 4.74 Å². The van der Waals surface area contributed by atoms with Crippen molar-refractivity contribution in [2.24, 2.45) is 17.8 Å². The average Bonchev–Trinajstić information content (AvgIpc) is 2.76. The lowest BCUT2D eigenvalue weighted by Crippen LogP contribution is -2.31. The van der Waals surface area contributed by atoms with Crippen LogP contribution in [-0.4, -0.2) is 45.6 Å². The van der Waals surface area contributed by atoms with Crippen molar-refractivity contribution in [3.8, 4) is 0 Å². The summed E-state index contributed by atoms with van der Waals surface area (Å²) in [4.78, 5) is 2.69. The Morgan fingerprint density at radius 1 is 1.06 bits per heavy atom. The van der Waals surface area contributed by atoms with Gasteiger partial charge in [0.15, 0.2) is 0 Å². The van der Waals surface area contributed by atoms with E-state index < -0.39 is 0 Å². The summed E-state index contributed by atoms with van der Waals surface area (Å²) >= 11 is 0. The lowest BCUT2D eigenvalue weighted by atomic mass is 9.85. The van der Waals surface area contributed by atoms with Gasteiger partial charge in [-0.3, -0.25) is 0 Å². The van der Waals surface area contributed by atoms with Gasteiger partial charge in [-0.2, -0.15) is 0 Å². The average molecular weight is 219 g/mol. The number of nitrogens with zero attached hydrogens (tertiary/aromatic N) is 1. The fourth-order valence-electron chi connectivity index (χ4n) is 3.89. The smallest absolute Gasteiger partial charge is 0.0699 e. The fraction of sp³-hybridized carbons (Fsp3) is 1.00. The van der Waals surface area contributed by atoms with Gasteiger partial charge in [0.1, 0.15) is 0 Å². The molecule has 0 amide bonds. The molecule has 2 nitrogen and oxygen atoms in total. The van der Waals surface area contributed by atoms with Gasteiger partial charge in [0.2, 0.25) is 0 Å². The van der Waals surface area contributed by atoms with Gasteiger partial charge in [-0.05, 0) is 30.6 Å². The van der Waals surface area contributed by atoms with Crippen LogP contribution in [0.5, 0.6) is 0 Å². The molecule has 88 valence electrons. The maximum atomic E-state index is 6.02. The van der Waals surface area contributed by atoms with Gasteiger partial charge in [-0.25, -0.2) is 0 Å². The molecule has 2 saturated heterocycles. The van der Waals surface area contributed by atoms with Crippen LogP contribution < -0.4 is 0 Å². The monoisotopic (exact) mass is 219 g/mol. The number of rotatable bonds is 2. The van der Waals surface area contributed by atoms with Crippen LogP contribution in [0.25, 0.3) is 0 Å². The Bertz CT molecular complexity index is 228. The molecule has 2 heterocycles. The molecule has 16 heavy (non-hydrogen) atoms. The molecule has 2 aliphatic heterocycles. The highest BCUT2D eigenvalue weighted by Crippen LogP contribution is 2.43. The molecular weight excluding hydrogens is 197 g/mol. The van der Waals surface area contributed by atoms with Crippen molar-refractivity contribution in [2.75, 3.05) is 32.8 Å². The summed E-state index contributed by atoms with van der Waals surface area (Å²) in [6.45, 7) is 5.91. The standard InChI is InChI=1S/C13H22BNO/c14-13-5-11-8-15(9-12(11)6-13)7-10-1-3-16-4-2-10/h10-13H,1-9H2. The summed E-state index contributed by atoms with van der Waals surface area (Å²) < 4.78 is 5.42. The molecule has 2 unspecified atom stereocenters. The van der Waals surface area contributed by atoms with Crippen molar-refractivity contribution in [2.45, 2.75) is 31.5 Å². The first kappa shape index (κ1) is 11.1. The van der Waals surface area contributed by atoms with Crippen LogP contribution in [0.2, 0.25) is 5.82 Å². The number of ether oxygens (including phenoxy) is 1. The highest BCUT2D eigenvalue weighted by atomic mass is 16.5. The van der Waals surface area contributed by atoms with E-state index in [2.05, 4.69) is 4.90 Å². The zero-order valence-electron chi connectivity index (χ0n) is 10.1. The quantitative estimate of drug-likeness (QED) is 0.655. The van der Waals surface area contributed by atoms with Crippen LogP contribution in [0, 0.1) is 17.8 Å². The zero-order chi connectivity index (χ0) is 11.0. The largest absolute Gasteiger partial charge is 0.381 e. The highest BCUT2D eigenvalue weighted by Gasteiger charge is 2.39. The molecule has 3 heteroatoms. The first-order chi connectivity index (χ1) is 7.81.